The Kier molecular flexibility index (Phi) is 7.33. The molecule has 1 aliphatic heterocycles. The van der Waals surface area contributed by atoms with Crippen LogP contribution in [0.5, 0.6) is 0 Å². The van der Waals surface area contributed by atoms with Gasteiger partial charge < -0.3 is 24.1 Å². The van der Waals surface area contributed by atoms with Gasteiger partial charge in [0.1, 0.15) is 17.5 Å². The first-order valence-electron chi connectivity index (χ1n) is 11.4. The Balaban J connectivity index is 1.80. The first kappa shape index (κ1) is 25.0. The number of imidazole rings is 1. The fourth-order valence-electron chi connectivity index (χ4n) is 4.11. The van der Waals surface area contributed by atoms with Crippen molar-refractivity contribution in [3.05, 3.63) is 35.9 Å². The van der Waals surface area contributed by atoms with Crippen LogP contribution in [0.1, 0.15) is 46.0 Å². The van der Waals surface area contributed by atoms with Crippen molar-refractivity contribution in [3.8, 4) is 0 Å². The van der Waals surface area contributed by atoms with Crippen LogP contribution in [-0.4, -0.2) is 82.7 Å². The summed E-state index contributed by atoms with van der Waals surface area (Å²) in [6, 6.07) is 3.49. The summed E-state index contributed by atoms with van der Waals surface area (Å²) >= 11 is 0. The minimum Gasteiger partial charge on any atom is -0.444 e. The number of nitrogens with zero attached hydrogens (tertiary/aromatic N) is 4. The Labute approximate surface area is 196 Å². The van der Waals surface area contributed by atoms with E-state index in [0.717, 1.165) is 16.9 Å². The lowest BCUT2D eigenvalue weighted by atomic mass is 10.0. The zero-order valence-corrected chi connectivity index (χ0v) is 20.8. The van der Waals surface area contributed by atoms with E-state index in [1.165, 1.54) is 0 Å². The van der Waals surface area contributed by atoms with E-state index in [1.54, 1.807) is 12.0 Å². The number of amides is 2. The molecule has 9 nitrogen and oxygen atoms in total. The minimum absolute atomic E-state index is 0.159. The van der Waals surface area contributed by atoms with Gasteiger partial charge in [0.15, 0.2) is 0 Å². The number of hydrogen-bond donors (Lipinski definition) is 1. The third-order valence-electron chi connectivity index (χ3n) is 5.81. The number of ether oxygens (including phenoxy) is 2. The van der Waals surface area contributed by atoms with E-state index in [0.29, 0.717) is 26.2 Å². The van der Waals surface area contributed by atoms with Crippen molar-refractivity contribution in [2.24, 2.45) is 0 Å². The topological polar surface area (TPSA) is 88.4 Å². The van der Waals surface area contributed by atoms with Gasteiger partial charge in [0.05, 0.1) is 23.9 Å². The molecule has 0 spiro atoms. The predicted molar refractivity (Wildman–Crippen MR) is 126 cm³/mol. The van der Waals surface area contributed by atoms with E-state index in [1.807, 2.05) is 70.5 Å². The number of carbonyl (C=O) groups excluding carboxylic acids is 2. The van der Waals surface area contributed by atoms with Crippen LogP contribution < -0.4 is 5.32 Å². The van der Waals surface area contributed by atoms with E-state index in [-0.39, 0.29) is 12.5 Å². The number of nitrogens with one attached hydrogen (secondary N) is 1. The molecule has 3 rings (SSSR count). The molecule has 1 aliphatic rings. The van der Waals surface area contributed by atoms with Gasteiger partial charge in [-0.25, -0.2) is 9.78 Å². The van der Waals surface area contributed by atoms with Crippen molar-refractivity contribution in [1.29, 1.82) is 0 Å². The Morgan fingerprint density at radius 2 is 1.94 bits per heavy atom. The maximum Gasteiger partial charge on any atom is 0.410 e. The van der Waals surface area contributed by atoms with Crippen molar-refractivity contribution in [2.75, 3.05) is 39.9 Å². The number of aromatic nitrogens is 2. The van der Waals surface area contributed by atoms with Gasteiger partial charge in [-0.3, -0.25) is 9.69 Å². The highest BCUT2D eigenvalue weighted by Crippen LogP contribution is 2.23. The summed E-state index contributed by atoms with van der Waals surface area (Å²) in [5.74, 6) is 0.589. The summed E-state index contributed by atoms with van der Waals surface area (Å²) < 4.78 is 12.8. The second-order valence-electron chi connectivity index (χ2n) is 10.1. The Bertz CT molecular complexity index is 994. The average molecular weight is 460 g/mol. The molecule has 0 bridgehead atoms. The van der Waals surface area contributed by atoms with E-state index in [2.05, 4.69) is 15.2 Å². The van der Waals surface area contributed by atoms with Gasteiger partial charge in [-0.1, -0.05) is 6.07 Å². The first-order chi connectivity index (χ1) is 15.4. The van der Waals surface area contributed by atoms with Crippen LogP contribution in [0.2, 0.25) is 0 Å². The number of fused-ring (bicyclic) bond motifs is 1. The molecule has 2 amide bonds. The molecule has 2 aromatic rings. The number of aryl methyl sites for hydroxylation is 1. The van der Waals surface area contributed by atoms with Crippen LogP contribution in [0.3, 0.4) is 0 Å². The van der Waals surface area contributed by atoms with Crippen LogP contribution in [0.4, 0.5) is 4.79 Å². The van der Waals surface area contributed by atoms with Gasteiger partial charge in [0.2, 0.25) is 5.91 Å². The molecule has 182 valence electrons. The Morgan fingerprint density at radius 1 is 1.21 bits per heavy atom. The predicted octanol–water partition coefficient (Wildman–Crippen LogP) is 2.56. The SMILES string of the molecule is COCCN1CCN(C(=O)OC(C)(C)C)C[C@H]1C(=O)NC(C)(C)c1ncc2c(C)cccn12. The molecule has 9 heteroatoms. The molecule has 1 fully saturated rings. The quantitative estimate of drug-likeness (QED) is 0.714. The molecule has 1 N–H and O–H groups in total. The molecular weight excluding hydrogens is 422 g/mol. The number of methoxy groups -OCH3 is 1. The highest BCUT2D eigenvalue weighted by molar-refractivity contribution is 5.84. The zero-order chi connectivity index (χ0) is 24.4. The summed E-state index contributed by atoms with van der Waals surface area (Å²) in [6.45, 7) is 13.8. The van der Waals surface area contributed by atoms with E-state index < -0.39 is 23.3 Å². The molecule has 0 aliphatic carbocycles. The molecule has 2 aromatic heterocycles. The van der Waals surface area contributed by atoms with Crippen LogP contribution >= 0.6 is 0 Å². The number of pyridine rings is 1. The van der Waals surface area contributed by atoms with E-state index in [4.69, 9.17) is 9.47 Å². The van der Waals surface area contributed by atoms with Gasteiger partial charge in [0, 0.05) is 39.5 Å². The molecular formula is C24H37N5O4. The van der Waals surface area contributed by atoms with Gasteiger partial charge in [-0.15, -0.1) is 0 Å². The lowest BCUT2D eigenvalue weighted by molar-refractivity contribution is -0.130. The fourth-order valence-corrected chi connectivity index (χ4v) is 4.11. The molecule has 0 unspecified atom stereocenters. The third kappa shape index (κ3) is 5.83. The zero-order valence-electron chi connectivity index (χ0n) is 20.8. The summed E-state index contributed by atoms with van der Waals surface area (Å²) in [6.07, 6.45) is 3.38. The lowest BCUT2D eigenvalue weighted by Crippen LogP contribution is -2.62. The van der Waals surface area contributed by atoms with Crippen LogP contribution in [0, 0.1) is 6.92 Å². The van der Waals surface area contributed by atoms with Gasteiger partial charge in [-0.05, 0) is 53.2 Å². The Morgan fingerprint density at radius 3 is 2.61 bits per heavy atom. The van der Waals surface area contributed by atoms with Crippen molar-refractivity contribution < 1.29 is 19.1 Å². The van der Waals surface area contributed by atoms with Crippen LogP contribution in [0.25, 0.3) is 5.52 Å². The smallest absolute Gasteiger partial charge is 0.410 e. The van der Waals surface area contributed by atoms with Crippen LogP contribution in [0.15, 0.2) is 24.5 Å². The number of piperazine rings is 1. The monoisotopic (exact) mass is 459 g/mol. The van der Waals surface area contributed by atoms with Crippen molar-refractivity contribution in [2.45, 2.75) is 58.7 Å². The normalized spacial score (nSPS) is 17.9. The van der Waals surface area contributed by atoms with Crippen LogP contribution in [-0.2, 0) is 19.8 Å². The number of carbonyl (C=O) groups is 2. The maximum absolute atomic E-state index is 13.5. The van der Waals surface area contributed by atoms with E-state index >= 15 is 0 Å². The molecule has 0 aromatic carbocycles. The molecule has 1 atom stereocenters. The van der Waals surface area contributed by atoms with E-state index in [9.17, 15) is 9.59 Å². The number of hydrogen-bond acceptors (Lipinski definition) is 6. The fraction of sp³-hybridized carbons (Fsp3) is 0.625. The van der Waals surface area contributed by atoms with Gasteiger partial charge >= 0.3 is 6.09 Å². The summed E-state index contributed by atoms with van der Waals surface area (Å²) in [5, 5.41) is 3.17. The second-order valence-corrected chi connectivity index (χ2v) is 10.1. The highest BCUT2D eigenvalue weighted by Gasteiger charge is 2.38. The van der Waals surface area contributed by atoms with Gasteiger partial charge in [0.25, 0.3) is 0 Å². The van der Waals surface area contributed by atoms with Crippen molar-refractivity contribution in [1.82, 2.24) is 24.5 Å². The molecule has 0 saturated carbocycles. The molecule has 1 saturated heterocycles. The second kappa shape index (κ2) is 9.69. The molecule has 33 heavy (non-hydrogen) atoms. The standard InChI is InChI=1S/C24H37N5O4/c1-17-9-8-10-29-18(17)15-25-21(29)24(5,6)26-20(30)19-16-28(22(31)33-23(2,3)4)12-11-27(19)13-14-32-7/h8-10,15,19H,11-14,16H2,1-7H3,(H,26,30)/t19-/m0/s1. The largest absolute Gasteiger partial charge is 0.444 e. The summed E-state index contributed by atoms with van der Waals surface area (Å²) in [4.78, 5) is 34.5. The first-order valence-corrected chi connectivity index (χ1v) is 11.4. The van der Waals surface area contributed by atoms with Crippen molar-refractivity contribution in [3.63, 3.8) is 0 Å². The average Bonchev–Trinajstić information content (AvgIpc) is 3.17. The Hall–Kier alpha value is -2.65. The summed E-state index contributed by atoms with van der Waals surface area (Å²) in [7, 11) is 1.64. The minimum atomic E-state index is -0.724. The molecule has 0 radical (unpaired) electrons. The summed E-state index contributed by atoms with van der Waals surface area (Å²) in [5.41, 5.74) is 0.803. The molecule has 3 heterocycles. The van der Waals surface area contributed by atoms with Gasteiger partial charge in [-0.2, -0.15) is 0 Å². The number of rotatable bonds is 6. The highest BCUT2D eigenvalue weighted by atomic mass is 16.6. The lowest BCUT2D eigenvalue weighted by Gasteiger charge is -2.41. The maximum atomic E-state index is 13.5. The third-order valence-corrected chi connectivity index (χ3v) is 5.81. The van der Waals surface area contributed by atoms with Crippen molar-refractivity contribution >= 4 is 17.5 Å².